The van der Waals surface area contributed by atoms with Crippen molar-refractivity contribution in [3.05, 3.63) is 10.1 Å². The largest absolute Gasteiger partial charge is 0.481 e. The molecule has 12 heavy (non-hydrogen) atoms. The van der Waals surface area contributed by atoms with E-state index in [1.54, 1.807) is 0 Å². The summed E-state index contributed by atoms with van der Waals surface area (Å²) in [5.74, 6) is -2.08. The molecule has 7 heteroatoms. The second-order valence-electron chi connectivity index (χ2n) is 1.93. The van der Waals surface area contributed by atoms with E-state index in [2.05, 4.69) is 4.84 Å². The number of aliphatic carboxylic acids is 1. The molecule has 68 valence electrons. The molecule has 0 fully saturated rings. The first-order valence-corrected chi connectivity index (χ1v) is 3.09. The molecule has 0 heterocycles. The van der Waals surface area contributed by atoms with E-state index >= 15 is 0 Å². The first kappa shape index (κ1) is 10.3. The molecule has 0 aromatic heterocycles. The summed E-state index contributed by atoms with van der Waals surface area (Å²) in [6.45, 7) is 0. The van der Waals surface area contributed by atoms with E-state index in [1.807, 2.05) is 0 Å². The molecular formula is C5H7NO6. The summed E-state index contributed by atoms with van der Waals surface area (Å²) in [6, 6.07) is 0. The van der Waals surface area contributed by atoms with Gasteiger partial charge < -0.3 is 5.11 Å². The lowest BCUT2D eigenvalue weighted by Gasteiger charge is -1.94. The number of nitrogens with zero attached hydrogens (tertiary/aromatic N) is 1. The van der Waals surface area contributed by atoms with Crippen molar-refractivity contribution in [2.24, 2.45) is 0 Å². The molecule has 0 amide bonds. The number of hydrogen-bond acceptors (Lipinski definition) is 5. The smallest absolute Gasteiger partial charge is 0.303 e. The fourth-order valence-corrected chi connectivity index (χ4v) is 0.513. The highest BCUT2D eigenvalue weighted by Crippen LogP contribution is 1.97. The third-order valence-electron chi connectivity index (χ3n) is 0.948. The van der Waals surface area contributed by atoms with E-state index in [1.165, 1.54) is 0 Å². The quantitative estimate of drug-likeness (QED) is 0.467. The van der Waals surface area contributed by atoms with Gasteiger partial charge >= 0.3 is 17.0 Å². The van der Waals surface area contributed by atoms with Crippen LogP contribution in [0.4, 0.5) is 0 Å². The van der Waals surface area contributed by atoms with E-state index in [-0.39, 0.29) is 19.3 Å². The van der Waals surface area contributed by atoms with E-state index in [4.69, 9.17) is 5.11 Å². The van der Waals surface area contributed by atoms with Gasteiger partial charge in [-0.05, 0) is 6.42 Å². The second kappa shape index (κ2) is 5.05. The topological polar surface area (TPSA) is 107 Å². The molecule has 7 nitrogen and oxygen atoms in total. The first-order chi connectivity index (χ1) is 5.52. The van der Waals surface area contributed by atoms with Crippen LogP contribution in [0.3, 0.4) is 0 Å². The minimum atomic E-state index is -1.22. The van der Waals surface area contributed by atoms with E-state index in [9.17, 15) is 19.7 Å². The predicted molar refractivity (Wildman–Crippen MR) is 34.6 cm³/mol. The lowest BCUT2D eigenvalue weighted by atomic mass is 10.2. The van der Waals surface area contributed by atoms with Gasteiger partial charge in [0.2, 0.25) is 0 Å². The second-order valence-corrected chi connectivity index (χ2v) is 1.93. The van der Waals surface area contributed by atoms with E-state index < -0.39 is 17.0 Å². The van der Waals surface area contributed by atoms with Crippen molar-refractivity contribution >= 4 is 11.9 Å². The Hall–Kier alpha value is -1.66. The van der Waals surface area contributed by atoms with Crippen molar-refractivity contribution in [3.63, 3.8) is 0 Å². The van der Waals surface area contributed by atoms with Crippen LogP contribution in [-0.4, -0.2) is 22.1 Å². The van der Waals surface area contributed by atoms with Gasteiger partial charge in [-0.2, -0.15) is 0 Å². The van der Waals surface area contributed by atoms with E-state index in [0.717, 1.165) is 0 Å². The van der Waals surface area contributed by atoms with Crippen molar-refractivity contribution in [2.75, 3.05) is 0 Å². The molecule has 0 aliphatic heterocycles. The monoisotopic (exact) mass is 177 g/mol. The van der Waals surface area contributed by atoms with Crippen LogP contribution in [0.2, 0.25) is 0 Å². The fraction of sp³-hybridized carbons (Fsp3) is 0.600. The molecule has 0 unspecified atom stereocenters. The standard InChI is InChI=1S/C5H7NO6/c7-4(8)2-1-3-5(9)12-6(10)11/h1-3H2,(H,7,8). The Morgan fingerprint density at radius 1 is 1.42 bits per heavy atom. The molecule has 0 aromatic rings. The number of rotatable bonds is 5. The van der Waals surface area contributed by atoms with Crippen LogP contribution in [0.25, 0.3) is 0 Å². The Balaban J connectivity index is 3.44. The normalized spacial score (nSPS) is 9.00. The molecule has 0 radical (unpaired) electrons. The van der Waals surface area contributed by atoms with Gasteiger partial charge in [-0.25, -0.2) is 4.84 Å². The average molecular weight is 177 g/mol. The molecule has 0 saturated carbocycles. The summed E-state index contributed by atoms with van der Waals surface area (Å²) in [5, 5.41) is 16.5. The van der Waals surface area contributed by atoms with Crippen LogP contribution in [0, 0.1) is 10.1 Å². The van der Waals surface area contributed by atoms with Gasteiger partial charge in [-0.1, -0.05) is 0 Å². The molecule has 0 aliphatic rings. The predicted octanol–water partition coefficient (Wildman–Crippen LogP) is -0.0238. The zero-order valence-electron chi connectivity index (χ0n) is 6.06. The Kier molecular flexibility index (Phi) is 4.35. The number of carboxylic acid groups (broad SMARTS) is 1. The number of hydrogen-bond donors (Lipinski definition) is 1. The summed E-state index contributed by atoms with van der Waals surface area (Å²) >= 11 is 0. The highest BCUT2D eigenvalue weighted by atomic mass is 17.0. The highest BCUT2D eigenvalue weighted by Gasteiger charge is 2.07. The zero-order chi connectivity index (χ0) is 9.56. The van der Waals surface area contributed by atoms with Crippen LogP contribution in [0.1, 0.15) is 19.3 Å². The molecule has 0 atom stereocenters. The van der Waals surface area contributed by atoms with Crippen molar-refractivity contribution in [1.82, 2.24) is 0 Å². The van der Waals surface area contributed by atoms with Crippen LogP contribution in [0.15, 0.2) is 0 Å². The van der Waals surface area contributed by atoms with Gasteiger partial charge in [-0.3, -0.25) is 9.59 Å². The van der Waals surface area contributed by atoms with Crippen molar-refractivity contribution < 1.29 is 24.6 Å². The van der Waals surface area contributed by atoms with E-state index in [0.29, 0.717) is 0 Å². The molecule has 0 bridgehead atoms. The maximum absolute atomic E-state index is 10.4. The molecule has 0 aliphatic carbocycles. The third kappa shape index (κ3) is 6.46. The number of carboxylic acids is 1. The Morgan fingerprint density at radius 3 is 2.42 bits per heavy atom. The van der Waals surface area contributed by atoms with Crippen molar-refractivity contribution in [2.45, 2.75) is 19.3 Å². The van der Waals surface area contributed by atoms with Gasteiger partial charge in [0.05, 0.1) is 0 Å². The molecular weight excluding hydrogens is 170 g/mol. The Labute approximate surface area is 67.0 Å². The lowest BCUT2D eigenvalue weighted by Crippen LogP contribution is -2.10. The number of carbonyl (C=O) groups is 2. The minimum Gasteiger partial charge on any atom is -0.481 e. The lowest BCUT2D eigenvalue weighted by molar-refractivity contribution is -0.729. The van der Waals surface area contributed by atoms with Gasteiger partial charge in [-0.15, -0.1) is 10.1 Å². The minimum absolute atomic E-state index is 0.0437. The fourth-order valence-electron chi connectivity index (χ4n) is 0.513. The summed E-state index contributed by atoms with van der Waals surface area (Å²) < 4.78 is 0. The highest BCUT2D eigenvalue weighted by molar-refractivity contribution is 5.70. The van der Waals surface area contributed by atoms with Crippen LogP contribution in [-0.2, 0) is 14.4 Å². The van der Waals surface area contributed by atoms with Crippen molar-refractivity contribution in [1.29, 1.82) is 0 Å². The average Bonchev–Trinajstić information content (AvgIpc) is 1.84. The maximum Gasteiger partial charge on any atom is 0.303 e. The van der Waals surface area contributed by atoms with Gasteiger partial charge in [0.1, 0.15) is 0 Å². The third-order valence-corrected chi connectivity index (χ3v) is 0.948. The summed E-state index contributed by atoms with van der Waals surface area (Å²) in [6.07, 6.45) is -0.415. The van der Waals surface area contributed by atoms with Gasteiger partial charge in [0.15, 0.2) is 0 Å². The van der Waals surface area contributed by atoms with Gasteiger partial charge in [0.25, 0.3) is 0 Å². The number of carbonyl (C=O) groups excluding carboxylic acids is 1. The van der Waals surface area contributed by atoms with Crippen molar-refractivity contribution in [3.8, 4) is 0 Å². The summed E-state index contributed by atoms with van der Waals surface area (Å²) in [4.78, 5) is 33.4. The van der Waals surface area contributed by atoms with Crippen LogP contribution >= 0.6 is 0 Å². The Morgan fingerprint density at radius 2 is 2.00 bits per heavy atom. The SMILES string of the molecule is O=C(O)CCCC(=O)O[N+](=O)[O-]. The Bertz CT molecular complexity index is 200. The van der Waals surface area contributed by atoms with Crippen LogP contribution < -0.4 is 0 Å². The zero-order valence-corrected chi connectivity index (χ0v) is 6.06. The summed E-state index contributed by atoms with van der Waals surface area (Å²) in [7, 11) is 0. The molecule has 0 spiro atoms. The molecule has 0 rings (SSSR count). The van der Waals surface area contributed by atoms with Crippen LogP contribution in [0.5, 0.6) is 0 Å². The molecule has 1 N–H and O–H groups in total. The maximum atomic E-state index is 10.4. The first-order valence-electron chi connectivity index (χ1n) is 3.09. The molecule has 0 aromatic carbocycles. The summed E-state index contributed by atoms with van der Waals surface area (Å²) in [5.41, 5.74) is 0. The molecule has 0 saturated heterocycles. The van der Waals surface area contributed by atoms with Gasteiger partial charge in [0, 0.05) is 12.8 Å².